The summed E-state index contributed by atoms with van der Waals surface area (Å²) < 4.78 is 0. The van der Waals surface area contributed by atoms with Gasteiger partial charge < -0.3 is 0 Å². The van der Waals surface area contributed by atoms with E-state index >= 15 is 0 Å². The summed E-state index contributed by atoms with van der Waals surface area (Å²) in [5, 5.41) is 0.847. The summed E-state index contributed by atoms with van der Waals surface area (Å²) in [5.41, 5.74) is 0. The summed E-state index contributed by atoms with van der Waals surface area (Å²) in [7, 11) is 0. The average molecular weight is 253 g/mol. The van der Waals surface area contributed by atoms with E-state index in [1.807, 2.05) is 0 Å². The van der Waals surface area contributed by atoms with E-state index in [0.717, 1.165) is 18.1 Å². The maximum absolute atomic E-state index is 11.7. The van der Waals surface area contributed by atoms with Gasteiger partial charge in [-0.05, 0) is 31.4 Å². The van der Waals surface area contributed by atoms with Crippen LogP contribution in [0.2, 0.25) is 0 Å². The lowest BCUT2D eigenvalue weighted by Gasteiger charge is -2.47. The lowest BCUT2D eigenvalue weighted by molar-refractivity contribution is -0.127. The molecule has 3 fully saturated rings. The highest BCUT2D eigenvalue weighted by molar-refractivity contribution is 7.99. The molecule has 0 radical (unpaired) electrons. The number of piperidine rings is 2. The summed E-state index contributed by atoms with van der Waals surface area (Å²) in [5.74, 6) is 1.87. The van der Waals surface area contributed by atoms with Crippen LogP contribution in [0.15, 0.2) is 0 Å². The van der Waals surface area contributed by atoms with Crippen molar-refractivity contribution in [2.24, 2.45) is 0 Å². The zero-order valence-corrected chi connectivity index (χ0v) is 11.4. The minimum absolute atomic E-state index is 0.521. The zero-order valence-electron chi connectivity index (χ0n) is 10.6. The van der Waals surface area contributed by atoms with Crippen molar-refractivity contribution < 1.29 is 4.79 Å². The van der Waals surface area contributed by atoms with Crippen molar-refractivity contribution in [1.29, 1.82) is 0 Å². The van der Waals surface area contributed by atoms with E-state index < -0.39 is 0 Å². The molecule has 0 amide bonds. The average Bonchev–Trinajstić information content (AvgIpc) is 2.32. The van der Waals surface area contributed by atoms with Crippen LogP contribution in [0, 0.1) is 0 Å². The van der Waals surface area contributed by atoms with E-state index in [-0.39, 0.29) is 0 Å². The van der Waals surface area contributed by atoms with E-state index in [2.05, 4.69) is 16.7 Å². The van der Waals surface area contributed by atoms with E-state index in [0.29, 0.717) is 17.9 Å². The van der Waals surface area contributed by atoms with Gasteiger partial charge in [0.2, 0.25) is 0 Å². The number of carbonyl (C=O) groups is 1. The first-order chi connectivity index (χ1) is 8.33. The number of rotatable bonds is 2. The fourth-order valence-electron chi connectivity index (χ4n) is 3.75. The van der Waals surface area contributed by atoms with Crippen LogP contribution >= 0.6 is 11.8 Å². The Hall–Kier alpha value is -0.0200. The molecule has 0 N–H and O–H groups in total. The minimum Gasteiger partial charge on any atom is -0.300 e. The van der Waals surface area contributed by atoms with Gasteiger partial charge >= 0.3 is 0 Å². The highest BCUT2D eigenvalue weighted by atomic mass is 32.2. The summed E-state index contributed by atoms with van der Waals surface area (Å²) in [6.07, 6.45) is 9.78. The van der Waals surface area contributed by atoms with Crippen molar-refractivity contribution in [3.63, 3.8) is 0 Å². The first kappa shape index (κ1) is 12.0. The molecule has 3 rings (SSSR count). The molecule has 3 heteroatoms. The SMILES string of the molecule is O=C1CC2CCCC(C1)N2CC1CCCCS1. The second-order valence-corrected chi connectivity index (χ2v) is 7.28. The Balaban J connectivity index is 1.63. The number of hydrogen-bond acceptors (Lipinski definition) is 3. The summed E-state index contributed by atoms with van der Waals surface area (Å²) in [6, 6.07) is 1.19. The van der Waals surface area contributed by atoms with Crippen LogP contribution in [0.25, 0.3) is 0 Å². The van der Waals surface area contributed by atoms with E-state index in [4.69, 9.17) is 0 Å². The standard InChI is InChI=1S/C14H23NOS/c16-13-8-11-4-3-5-12(9-13)15(11)10-14-6-1-2-7-17-14/h11-12,14H,1-10H2. The smallest absolute Gasteiger partial charge is 0.136 e. The molecule has 3 aliphatic rings. The molecule has 3 saturated heterocycles. The van der Waals surface area contributed by atoms with Crippen molar-refractivity contribution in [2.45, 2.75) is 68.7 Å². The van der Waals surface area contributed by atoms with Gasteiger partial charge in [-0.15, -0.1) is 0 Å². The fourth-order valence-corrected chi connectivity index (χ4v) is 5.07. The van der Waals surface area contributed by atoms with Gasteiger partial charge in [0.25, 0.3) is 0 Å². The monoisotopic (exact) mass is 253 g/mol. The van der Waals surface area contributed by atoms with E-state index in [9.17, 15) is 4.79 Å². The van der Waals surface area contributed by atoms with Crippen LogP contribution in [0.4, 0.5) is 0 Å². The van der Waals surface area contributed by atoms with Crippen LogP contribution in [0.5, 0.6) is 0 Å². The number of carbonyl (C=O) groups excluding carboxylic acids is 1. The molecule has 0 aliphatic carbocycles. The number of Topliss-reactive ketones (excluding diaryl/α,β-unsaturated/α-hetero) is 1. The predicted octanol–water partition coefficient (Wildman–Crippen LogP) is 2.86. The van der Waals surface area contributed by atoms with Gasteiger partial charge in [-0.1, -0.05) is 12.8 Å². The molecule has 3 heterocycles. The molecule has 3 atom stereocenters. The van der Waals surface area contributed by atoms with Gasteiger partial charge in [-0.3, -0.25) is 9.69 Å². The van der Waals surface area contributed by atoms with Crippen LogP contribution in [-0.4, -0.2) is 40.3 Å². The second kappa shape index (κ2) is 5.31. The molecule has 0 aromatic heterocycles. The first-order valence-electron chi connectivity index (χ1n) is 7.22. The Labute approximate surface area is 109 Å². The lowest BCUT2D eigenvalue weighted by atomic mass is 9.83. The van der Waals surface area contributed by atoms with Crippen molar-refractivity contribution >= 4 is 17.5 Å². The third-order valence-electron chi connectivity index (χ3n) is 4.63. The Morgan fingerprint density at radius 3 is 2.47 bits per heavy atom. The molecule has 3 unspecified atom stereocenters. The van der Waals surface area contributed by atoms with Gasteiger partial charge in [0.1, 0.15) is 5.78 Å². The molecular weight excluding hydrogens is 230 g/mol. The zero-order chi connectivity index (χ0) is 11.7. The number of ketones is 1. The molecule has 3 aliphatic heterocycles. The fraction of sp³-hybridized carbons (Fsp3) is 0.929. The Kier molecular flexibility index (Phi) is 3.76. The second-order valence-electron chi connectivity index (χ2n) is 5.87. The van der Waals surface area contributed by atoms with Crippen LogP contribution < -0.4 is 0 Å². The molecule has 17 heavy (non-hydrogen) atoms. The first-order valence-corrected chi connectivity index (χ1v) is 8.27. The summed E-state index contributed by atoms with van der Waals surface area (Å²) in [6.45, 7) is 1.26. The lowest BCUT2D eigenvalue weighted by Crippen LogP contribution is -2.54. The molecule has 0 spiro atoms. The molecule has 2 nitrogen and oxygen atoms in total. The summed E-state index contributed by atoms with van der Waals surface area (Å²) >= 11 is 2.17. The molecule has 0 aromatic rings. The van der Waals surface area contributed by atoms with Crippen molar-refractivity contribution in [1.82, 2.24) is 4.90 Å². The number of hydrogen-bond donors (Lipinski definition) is 0. The Morgan fingerprint density at radius 1 is 1.06 bits per heavy atom. The van der Waals surface area contributed by atoms with Gasteiger partial charge in [0.15, 0.2) is 0 Å². The van der Waals surface area contributed by atoms with E-state index in [1.165, 1.54) is 50.8 Å². The van der Waals surface area contributed by atoms with Gasteiger partial charge in [0, 0.05) is 36.7 Å². The summed E-state index contributed by atoms with van der Waals surface area (Å²) in [4.78, 5) is 14.4. The molecular formula is C14H23NOS. The molecule has 0 saturated carbocycles. The normalized spacial score (nSPS) is 39.3. The topological polar surface area (TPSA) is 20.3 Å². The van der Waals surface area contributed by atoms with Crippen molar-refractivity contribution in [3.05, 3.63) is 0 Å². The van der Waals surface area contributed by atoms with Crippen LogP contribution in [0.1, 0.15) is 51.4 Å². The predicted molar refractivity (Wildman–Crippen MR) is 72.5 cm³/mol. The third kappa shape index (κ3) is 2.70. The van der Waals surface area contributed by atoms with E-state index in [1.54, 1.807) is 0 Å². The van der Waals surface area contributed by atoms with Gasteiger partial charge in [-0.2, -0.15) is 11.8 Å². The largest absolute Gasteiger partial charge is 0.300 e. The molecule has 0 aromatic carbocycles. The highest BCUT2D eigenvalue weighted by Crippen LogP contribution is 2.35. The number of thioether (sulfide) groups is 1. The van der Waals surface area contributed by atoms with Crippen molar-refractivity contribution in [3.8, 4) is 0 Å². The van der Waals surface area contributed by atoms with Crippen molar-refractivity contribution in [2.75, 3.05) is 12.3 Å². The maximum atomic E-state index is 11.7. The number of nitrogens with zero attached hydrogens (tertiary/aromatic N) is 1. The minimum atomic E-state index is 0.521. The van der Waals surface area contributed by atoms with Gasteiger partial charge in [0.05, 0.1) is 0 Å². The third-order valence-corrected chi connectivity index (χ3v) is 6.01. The van der Waals surface area contributed by atoms with Crippen LogP contribution in [0.3, 0.4) is 0 Å². The molecule has 96 valence electrons. The van der Waals surface area contributed by atoms with Crippen LogP contribution in [-0.2, 0) is 4.79 Å². The maximum Gasteiger partial charge on any atom is 0.136 e. The Morgan fingerprint density at radius 2 is 1.82 bits per heavy atom. The highest BCUT2D eigenvalue weighted by Gasteiger charge is 2.38. The molecule has 2 bridgehead atoms. The van der Waals surface area contributed by atoms with Gasteiger partial charge in [-0.25, -0.2) is 0 Å². The quantitative estimate of drug-likeness (QED) is 0.755. The number of fused-ring (bicyclic) bond motifs is 2. The Bertz CT molecular complexity index is 272.